The Kier molecular flexibility index (Phi) is 3.26. The van der Waals surface area contributed by atoms with Crippen LogP contribution in [0, 0.1) is 0 Å². The third kappa shape index (κ3) is 2.31. The van der Waals surface area contributed by atoms with E-state index in [4.69, 9.17) is 0 Å². The molecule has 3 nitrogen and oxygen atoms in total. The van der Waals surface area contributed by atoms with Gasteiger partial charge in [-0.1, -0.05) is 43.3 Å². The second-order valence-electron chi connectivity index (χ2n) is 5.27. The van der Waals surface area contributed by atoms with E-state index in [0.29, 0.717) is 5.82 Å². The number of benzene rings is 1. The van der Waals surface area contributed by atoms with Crippen molar-refractivity contribution < 1.29 is 4.79 Å². The van der Waals surface area contributed by atoms with Gasteiger partial charge in [-0.05, 0) is 37.0 Å². The highest BCUT2D eigenvalue weighted by molar-refractivity contribution is 6.00. The van der Waals surface area contributed by atoms with Crippen LogP contribution in [0.3, 0.4) is 0 Å². The maximum absolute atomic E-state index is 12.5. The molecule has 3 heteroatoms. The van der Waals surface area contributed by atoms with Gasteiger partial charge in [-0.2, -0.15) is 0 Å². The topological polar surface area (TPSA) is 42.0 Å². The molecule has 0 saturated heterocycles. The number of nitrogens with one attached hydrogen (secondary N) is 1. The Balaban J connectivity index is 1.80. The molecule has 1 fully saturated rings. The maximum Gasteiger partial charge on any atom is 0.236 e. The van der Waals surface area contributed by atoms with Gasteiger partial charge < -0.3 is 5.32 Å². The summed E-state index contributed by atoms with van der Waals surface area (Å²) < 4.78 is 0. The first kappa shape index (κ1) is 12.9. The number of rotatable bonds is 4. The lowest BCUT2D eigenvalue weighted by Crippen LogP contribution is -2.28. The molecule has 102 valence electrons. The molecule has 1 saturated carbocycles. The van der Waals surface area contributed by atoms with Gasteiger partial charge >= 0.3 is 0 Å². The van der Waals surface area contributed by atoms with Crippen LogP contribution >= 0.6 is 0 Å². The number of anilines is 1. The number of carbonyl (C=O) groups is 1. The first-order valence-corrected chi connectivity index (χ1v) is 7.07. The molecule has 1 amide bonds. The number of hydrogen-bond donors (Lipinski definition) is 1. The monoisotopic (exact) mass is 266 g/mol. The number of pyridine rings is 1. The van der Waals surface area contributed by atoms with Gasteiger partial charge in [-0.25, -0.2) is 4.98 Å². The van der Waals surface area contributed by atoms with E-state index in [0.717, 1.165) is 30.5 Å². The van der Waals surface area contributed by atoms with Crippen LogP contribution in [0.1, 0.15) is 31.0 Å². The minimum absolute atomic E-state index is 0.0597. The van der Waals surface area contributed by atoms with Crippen LogP contribution in [0.4, 0.5) is 5.82 Å². The zero-order valence-corrected chi connectivity index (χ0v) is 11.6. The van der Waals surface area contributed by atoms with Crippen molar-refractivity contribution in [2.75, 3.05) is 5.32 Å². The molecule has 0 spiro atoms. The molecule has 0 radical (unpaired) electrons. The summed E-state index contributed by atoms with van der Waals surface area (Å²) in [6, 6.07) is 15.8. The number of carbonyl (C=O) groups excluding carboxylic acids is 1. The van der Waals surface area contributed by atoms with Gasteiger partial charge in [0.2, 0.25) is 5.91 Å². The quantitative estimate of drug-likeness (QED) is 0.922. The lowest BCUT2D eigenvalue weighted by Gasteiger charge is -2.15. The summed E-state index contributed by atoms with van der Waals surface area (Å²) in [5.41, 5.74) is 1.75. The lowest BCUT2D eigenvalue weighted by atomic mass is 9.95. The first-order valence-electron chi connectivity index (χ1n) is 7.07. The van der Waals surface area contributed by atoms with Gasteiger partial charge in [0.1, 0.15) is 5.82 Å². The van der Waals surface area contributed by atoms with Crippen molar-refractivity contribution in [3.05, 3.63) is 59.8 Å². The third-order valence-corrected chi connectivity index (χ3v) is 3.92. The smallest absolute Gasteiger partial charge is 0.236 e. The highest BCUT2D eigenvalue weighted by Crippen LogP contribution is 2.48. The van der Waals surface area contributed by atoms with Gasteiger partial charge in [0.05, 0.1) is 5.41 Å². The van der Waals surface area contributed by atoms with Gasteiger partial charge in [0, 0.05) is 5.69 Å². The van der Waals surface area contributed by atoms with Crippen molar-refractivity contribution in [2.24, 2.45) is 0 Å². The van der Waals surface area contributed by atoms with Crippen LogP contribution in [-0.2, 0) is 16.6 Å². The standard InChI is InChI=1S/C17H18N2O/c1-2-14-9-6-10-15(18-14)19-16(20)17(11-12-17)13-7-4-3-5-8-13/h3-10H,2,11-12H2,1H3,(H,18,19,20). The molecule has 0 bridgehead atoms. The fourth-order valence-electron chi connectivity index (χ4n) is 2.51. The Morgan fingerprint density at radius 1 is 1.15 bits per heavy atom. The summed E-state index contributed by atoms with van der Waals surface area (Å²) in [6.45, 7) is 2.06. The van der Waals surface area contributed by atoms with Crippen LogP contribution in [0.15, 0.2) is 48.5 Å². The van der Waals surface area contributed by atoms with Crippen molar-refractivity contribution in [3.8, 4) is 0 Å². The highest BCUT2D eigenvalue weighted by Gasteiger charge is 2.51. The fraction of sp³-hybridized carbons (Fsp3) is 0.294. The normalized spacial score (nSPS) is 15.7. The highest BCUT2D eigenvalue weighted by atomic mass is 16.2. The van der Waals surface area contributed by atoms with Crippen LogP contribution in [-0.4, -0.2) is 10.9 Å². The van der Waals surface area contributed by atoms with Crippen molar-refractivity contribution in [3.63, 3.8) is 0 Å². The molecule has 20 heavy (non-hydrogen) atoms. The van der Waals surface area contributed by atoms with Crippen LogP contribution in [0.2, 0.25) is 0 Å². The lowest BCUT2D eigenvalue weighted by molar-refractivity contribution is -0.118. The van der Waals surface area contributed by atoms with Crippen molar-refractivity contribution >= 4 is 11.7 Å². The molecular formula is C17H18N2O. The van der Waals surface area contributed by atoms with Crippen LogP contribution in [0.5, 0.6) is 0 Å². The molecule has 0 atom stereocenters. The van der Waals surface area contributed by atoms with Gasteiger partial charge in [0.25, 0.3) is 0 Å². The predicted octanol–water partition coefficient (Wildman–Crippen LogP) is 3.31. The molecule has 1 aliphatic rings. The molecule has 1 N–H and O–H groups in total. The van der Waals surface area contributed by atoms with E-state index in [9.17, 15) is 4.79 Å². The molecule has 1 aromatic heterocycles. The average molecular weight is 266 g/mol. The van der Waals surface area contributed by atoms with E-state index in [1.165, 1.54) is 0 Å². The van der Waals surface area contributed by atoms with E-state index in [-0.39, 0.29) is 11.3 Å². The number of aromatic nitrogens is 1. The Labute approximate surface area is 119 Å². The van der Waals surface area contributed by atoms with Crippen molar-refractivity contribution in [1.29, 1.82) is 0 Å². The Morgan fingerprint density at radius 3 is 2.55 bits per heavy atom. The minimum atomic E-state index is -0.342. The van der Waals surface area contributed by atoms with Gasteiger partial charge in [-0.3, -0.25) is 4.79 Å². The molecule has 2 aromatic rings. The van der Waals surface area contributed by atoms with Crippen molar-refractivity contribution in [2.45, 2.75) is 31.6 Å². The number of nitrogens with zero attached hydrogens (tertiary/aromatic N) is 1. The zero-order valence-electron chi connectivity index (χ0n) is 11.6. The summed E-state index contributed by atoms with van der Waals surface area (Å²) in [6.07, 6.45) is 2.69. The molecular weight excluding hydrogens is 248 g/mol. The maximum atomic E-state index is 12.5. The molecule has 0 aliphatic heterocycles. The summed E-state index contributed by atoms with van der Waals surface area (Å²) in [5, 5.41) is 2.97. The molecule has 1 heterocycles. The Bertz CT molecular complexity index is 618. The summed E-state index contributed by atoms with van der Waals surface area (Å²) in [5.74, 6) is 0.709. The van der Waals surface area contributed by atoms with E-state index in [1.54, 1.807) is 0 Å². The summed E-state index contributed by atoms with van der Waals surface area (Å²) >= 11 is 0. The summed E-state index contributed by atoms with van der Waals surface area (Å²) in [7, 11) is 0. The molecule has 1 aromatic carbocycles. The van der Waals surface area contributed by atoms with Gasteiger partial charge in [-0.15, -0.1) is 0 Å². The Hall–Kier alpha value is -2.16. The minimum Gasteiger partial charge on any atom is -0.310 e. The van der Waals surface area contributed by atoms with E-state index < -0.39 is 0 Å². The number of amides is 1. The second-order valence-corrected chi connectivity index (χ2v) is 5.27. The van der Waals surface area contributed by atoms with Crippen molar-refractivity contribution in [1.82, 2.24) is 4.98 Å². The molecule has 1 aliphatic carbocycles. The SMILES string of the molecule is CCc1cccc(NC(=O)C2(c3ccccc3)CC2)n1. The Morgan fingerprint density at radius 2 is 1.90 bits per heavy atom. The van der Waals surface area contributed by atoms with E-state index >= 15 is 0 Å². The largest absolute Gasteiger partial charge is 0.310 e. The third-order valence-electron chi connectivity index (χ3n) is 3.92. The zero-order chi connectivity index (χ0) is 14.0. The van der Waals surface area contributed by atoms with Gasteiger partial charge in [0.15, 0.2) is 0 Å². The fourth-order valence-corrected chi connectivity index (χ4v) is 2.51. The molecule has 0 unspecified atom stereocenters. The number of hydrogen-bond acceptors (Lipinski definition) is 2. The van der Waals surface area contributed by atoms with E-state index in [1.807, 2.05) is 48.5 Å². The van der Waals surface area contributed by atoms with E-state index in [2.05, 4.69) is 17.2 Å². The van der Waals surface area contributed by atoms with Crippen LogP contribution in [0.25, 0.3) is 0 Å². The number of aryl methyl sites for hydroxylation is 1. The molecule has 3 rings (SSSR count). The first-order chi connectivity index (χ1) is 9.74. The average Bonchev–Trinajstić information content (AvgIpc) is 3.30. The second kappa shape index (κ2) is 5.08. The predicted molar refractivity (Wildman–Crippen MR) is 79.6 cm³/mol. The van der Waals surface area contributed by atoms with Crippen LogP contribution < -0.4 is 5.32 Å². The summed E-state index contributed by atoms with van der Waals surface area (Å²) in [4.78, 5) is 17.0.